The molecule has 0 radical (unpaired) electrons. The maximum absolute atomic E-state index is 5.59. The lowest BCUT2D eigenvalue weighted by Crippen LogP contribution is -2.33. The zero-order chi connectivity index (χ0) is 10.1. The summed E-state index contributed by atoms with van der Waals surface area (Å²) in [5, 5.41) is 3.18. The Balaban J connectivity index is 1.93. The van der Waals surface area contributed by atoms with Crippen molar-refractivity contribution in [1.82, 2.24) is 5.32 Å². The van der Waals surface area contributed by atoms with Crippen LogP contribution in [0.1, 0.15) is 17.2 Å². The van der Waals surface area contributed by atoms with Gasteiger partial charge in [0.05, 0.1) is 3.79 Å². The second kappa shape index (κ2) is 3.90. The Kier molecular flexibility index (Phi) is 2.78. The number of rotatable bonds is 2. The van der Waals surface area contributed by atoms with E-state index in [0.29, 0.717) is 17.9 Å². The monoisotopic (exact) mass is 273 g/mol. The van der Waals surface area contributed by atoms with Gasteiger partial charge in [-0.25, -0.2) is 0 Å². The summed E-state index contributed by atoms with van der Waals surface area (Å²) in [6.45, 7) is 0. The zero-order valence-electron chi connectivity index (χ0n) is 7.83. The first-order valence-corrected chi connectivity index (χ1v) is 6.05. The van der Waals surface area contributed by atoms with Crippen LogP contribution in [0.15, 0.2) is 20.9 Å². The summed E-state index contributed by atoms with van der Waals surface area (Å²) in [5.74, 6) is 1.15. The van der Waals surface area contributed by atoms with Crippen molar-refractivity contribution in [3.8, 4) is 0 Å². The molecule has 14 heavy (non-hydrogen) atoms. The number of hydrogen-bond acceptors (Lipinski definition) is 2. The van der Waals surface area contributed by atoms with Gasteiger partial charge in [0.1, 0.15) is 0 Å². The third-order valence-corrected chi connectivity index (χ3v) is 4.08. The highest BCUT2D eigenvalue weighted by Crippen LogP contribution is 2.44. The van der Waals surface area contributed by atoms with Crippen molar-refractivity contribution in [1.29, 1.82) is 0 Å². The molecule has 1 aliphatic carbocycles. The number of hydrogen-bond donors (Lipinski definition) is 2. The van der Waals surface area contributed by atoms with Gasteiger partial charge in [0.2, 0.25) is 0 Å². The molecule has 0 bridgehead atoms. The first-order chi connectivity index (χ1) is 6.70. The molecule has 1 heterocycles. The number of guanidine groups is 1. The summed E-state index contributed by atoms with van der Waals surface area (Å²) in [5.41, 5.74) is 5.59. The zero-order valence-corrected chi connectivity index (χ0v) is 10.2. The average Bonchev–Trinajstić information content (AvgIpc) is 2.79. The quantitative estimate of drug-likeness (QED) is 0.639. The fraction of sp³-hybridized carbons (Fsp3) is 0.444. The summed E-state index contributed by atoms with van der Waals surface area (Å²) >= 11 is 5.26. The van der Waals surface area contributed by atoms with Crippen molar-refractivity contribution in [3.05, 3.63) is 20.8 Å². The van der Waals surface area contributed by atoms with Crippen LogP contribution in [-0.4, -0.2) is 19.0 Å². The van der Waals surface area contributed by atoms with E-state index in [0.717, 1.165) is 6.42 Å². The molecular weight excluding hydrogens is 262 g/mol. The summed E-state index contributed by atoms with van der Waals surface area (Å²) in [6, 6.07) is 4.73. The Morgan fingerprint density at radius 3 is 3.07 bits per heavy atom. The Hall–Kier alpha value is -0.550. The third-order valence-electron chi connectivity index (χ3n) is 2.32. The molecule has 0 unspecified atom stereocenters. The van der Waals surface area contributed by atoms with Crippen LogP contribution in [-0.2, 0) is 0 Å². The molecule has 2 rings (SSSR count). The largest absolute Gasteiger partial charge is 0.370 e. The summed E-state index contributed by atoms with van der Waals surface area (Å²) < 4.78 is 1.19. The van der Waals surface area contributed by atoms with Crippen molar-refractivity contribution in [2.24, 2.45) is 10.7 Å². The van der Waals surface area contributed by atoms with Crippen molar-refractivity contribution >= 4 is 33.2 Å². The van der Waals surface area contributed by atoms with Gasteiger partial charge in [-0.05, 0) is 34.5 Å². The topological polar surface area (TPSA) is 50.4 Å². The molecule has 1 aliphatic rings. The number of thiophene rings is 1. The molecule has 0 aliphatic heterocycles. The van der Waals surface area contributed by atoms with Gasteiger partial charge in [0, 0.05) is 23.9 Å². The molecule has 0 saturated heterocycles. The van der Waals surface area contributed by atoms with Gasteiger partial charge in [-0.15, -0.1) is 11.3 Å². The van der Waals surface area contributed by atoms with E-state index in [2.05, 4.69) is 38.4 Å². The molecule has 1 fully saturated rings. The van der Waals surface area contributed by atoms with Crippen LogP contribution in [0, 0.1) is 0 Å². The standard InChI is InChI=1S/C9H12BrN3S/c1-12-9(11)13-6-4-5(6)7-2-3-8(10)14-7/h2-3,5-6H,4H2,1H3,(H3,11,12,13)/t5-,6-/m1/s1. The minimum absolute atomic E-state index is 0.476. The fourth-order valence-electron chi connectivity index (χ4n) is 1.45. The van der Waals surface area contributed by atoms with Crippen LogP contribution in [0.4, 0.5) is 0 Å². The molecule has 3 nitrogen and oxygen atoms in total. The minimum atomic E-state index is 0.476. The Morgan fingerprint density at radius 1 is 1.71 bits per heavy atom. The molecule has 0 aromatic carbocycles. The lowest BCUT2D eigenvalue weighted by Gasteiger charge is -2.01. The van der Waals surface area contributed by atoms with Crippen LogP contribution in [0.3, 0.4) is 0 Å². The van der Waals surface area contributed by atoms with E-state index in [-0.39, 0.29) is 0 Å². The Labute approximate surface area is 95.5 Å². The van der Waals surface area contributed by atoms with Gasteiger partial charge in [-0.3, -0.25) is 4.99 Å². The second-order valence-electron chi connectivity index (χ2n) is 3.34. The first-order valence-electron chi connectivity index (χ1n) is 4.44. The van der Waals surface area contributed by atoms with Crippen molar-refractivity contribution in [2.45, 2.75) is 18.4 Å². The number of nitrogens with one attached hydrogen (secondary N) is 1. The molecule has 0 spiro atoms. The second-order valence-corrected chi connectivity index (χ2v) is 5.84. The van der Waals surface area contributed by atoms with E-state index in [1.807, 2.05) is 0 Å². The number of aliphatic imine (C=N–C) groups is 1. The molecule has 3 N–H and O–H groups in total. The van der Waals surface area contributed by atoms with Gasteiger partial charge in [-0.1, -0.05) is 0 Å². The molecule has 1 saturated carbocycles. The van der Waals surface area contributed by atoms with Crippen molar-refractivity contribution in [3.63, 3.8) is 0 Å². The normalized spacial score (nSPS) is 26.3. The maximum atomic E-state index is 5.59. The van der Waals surface area contributed by atoms with Gasteiger partial charge < -0.3 is 11.1 Å². The SMILES string of the molecule is CN=C(N)N[C@@H]1C[C@H]1c1ccc(Br)s1. The summed E-state index contributed by atoms with van der Waals surface area (Å²) in [4.78, 5) is 5.29. The summed E-state index contributed by atoms with van der Waals surface area (Å²) in [7, 11) is 1.70. The average molecular weight is 274 g/mol. The fourth-order valence-corrected chi connectivity index (χ4v) is 3.05. The van der Waals surface area contributed by atoms with Gasteiger partial charge >= 0.3 is 0 Å². The van der Waals surface area contributed by atoms with Crippen LogP contribution in [0.25, 0.3) is 0 Å². The maximum Gasteiger partial charge on any atom is 0.188 e. The highest BCUT2D eigenvalue weighted by atomic mass is 79.9. The van der Waals surface area contributed by atoms with Gasteiger partial charge in [0.15, 0.2) is 5.96 Å². The summed E-state index contributed by atoms with van der Waals surface area (Å²) in [6.07, 6.45) is 1.16. The van der Waals surface area contributed by atoms with E-state index in [1.165, 1.54) is 8.66 Å². The molecular formula is C9H12BrN3S. The van der Waals surface area contributed by atoms with E-state index in [4.69, 9.17) is 5.73 Å². The van der Waals surface area contributed by atoms with E-state index in [9.17, 15) is 0 Å². The van der Waals surface area contributed by atoms with E-state index in [1.54, 1.807) is 18.4 Å². The molecule has 76 valence electrons. The highest BCUT2D eigenvalue weighted by Gasteiger charge is 2.39. The minimum Gasteiger partial charge on any atom is -0.370 e. The lowest BCUT2D eigenvalue weighted by molar-refractivity contribution is 0.863. The molecule has 1 aromatic rings. The number of nitrogens with two attached hydrogens (primary N) is 1. The first kappa shape index (κ1) is 9.98. The van der Waals surface area contributed by atoms with E-state index >= 15 is 0 Å². The van der Waals surface area contributed by atoms with Crippen molar-refractivity contribution < 1.29 is 0 Å². The smallest absolute Gasteiger partial charge is 0.188 e. The molecule has 1 aromatic heterocycles. The van der Waals surface area contributed by atoms with Gasteiger partial charge in [-0.2, -0.15) is 0 Å². The number of nitrogens with zero attached hydrogens (tertiary/aromatic N) is 1. The van der Waals surface area contributed by atoms with Crippen LogP contribution in [0.5, 0.6) is 0 Å². The van der Waals surface area contributed by atoms with Crippen LogP contribution >= 0.6 is 27.3 Å². The van der Waals surface area contributed by atoms with Gasteiger partial charge in [0.25, 0.3) is 0 Å². The molecule has 2 atom stereocenters. The molecule has 0 amide bonds. The highest BCUT2D eigenvalue weighted by molar-refractivity contribution is 9.11. The number of halogens is 1. The lowest BCUT2D eigenvalue weighted by atomic mass is 10.3. The van der Waals surface area contributed by atoms with Crippen LogP contribution < -0.4 is 11.1 Å². The Morgan fingerprint density at radius 2 is 2.50 bits per heavy atom. The van der Waals surface area contributed by atoms with Crippen LogP contribution in [0.2, 0.25) is 0 Å². The predicted octanol–water partition coefficient (Wildman–Crippen LogP) is 1.90. The Bertz CT molecular complexity index is 361. The molecule has 5 heteroatoms. The van der Waals surface area contributed by atoms with Crippen molar-refractivity contribution in [2.75, 3.05) is 7.05 Å². The predicted molar refractivity (Wildman–Crippen MR) is 63.8 cm³/mol. The van der Waals surface area contributed by atoms with E-state index < -0.39 is 0 Å². The third kappa shape index (κ3) is 2.09.